The summed E-state index contributed by atoms with van der Waals surface area (Å²) in [6.45, 7) is 7.55. The van der Waals surface area contributed by atoms with E-state index in [1.807, 2.05) is 0 Å². The molecule has 0 unspecified atom stereocenters. The van der Waals surface area contributed by atoms with Crippen LogP contribution in [0.25, 0.3) is 0 Å². The van der Waals surface area contributed by atoms with Crippen LogP contribution in [-0.4, -0.2) is 37.0 Å². The summed E-state index contributed by atoms with van der Waals surface area (Å²) in [5, 5.41) is 2.91. The van der Waals surface area contributed by atoms with Crippen LogP contribution < -0.4 is 29.9 Å². The van der Waals surface area contributed by atoms with Crippen molar-refractivity contribution in [2.45, 2.75) is 27.2 Å². The van der Waals surface area contributed by atoms with E-state index in [0.717, 1.165) is 13.0 Å². The Bertz CT molecular complexity index is 230. The molecule has 0 saturated carbocycles. The zero-order valence-electron chi connectivity index (χ0n) is 11.4. The number of nitrogens with one attached hydrogen (secondary N) is 1. The van der Waals surface area contributed by atoms with Gasteiger partial charge in [-0.2, -0.15) is 0 Å². The van der Waals surface area contributed by atoms with Crippen LogP contribution in [-0.2, 0) is 4.79 Å². The molecule has 0 aliphatic heterocycles. The molecule has 4 nitrogen and oxygen atoms in total. The molecule has 0 fully saturated rings. The van der Waals surface area contributed by atoms with Crippen molar-refractivity contribution < 1.29 is 23.5 Å². The summed E-state index contributed by atoms with van der Waals surface area (Å²) in [5.74, 6) is 5.89. The fraction of sp³-hybridized carbons (Fsp3) is 0.909. The normalized spacial score (nSPS) is 14.0. The fourth-order valence-electron chi connectivity index (χ4n) is 0.949. The van der Waals surface area contributed by atoms with E-state index in [2.05, 4.69) is 40.9 Å². The first-order valence-electron chi connectivity index (χ1n) is 5.39. The molecule has 0 radical (unpaired) electrons. The van der Waals surface area contributed by atoms with E-state index in [-0.39, 0.29) is 11.3 Å². The molecule has 5 heteroatoms. The molecule has 0 aromatic carbocycles. The number of alkyl halides is 3. The topological polar surface area (TPSA) is 58.4 Å². The summed E-state index contributed by atoms with van der Waals surface area (Å²) in [7, 11) is 0. The van der Waals surface area contributed by atoms with Crippen LogP contribution >= 0.6 is 0 Å². The number of rotatable bonds is 5. The van der Waals surface area contributed by atoms with Crippen molar-refractivity contribution in [1.29, 1.82) is 0 Å². The van der Waals surface area contributed by atoms with Crippen molar-refractivity contribution in [2.24, 2.45) is 11.3 Å². The Morgan fingerprint density at radius 3 is 2.19 bits per heavy atom. The van der Waals surface area contributed by atoms with Crippen LogP contribution in [0, 0.1) is 5.41 Å². The zero-order valence-corrected chi connectivity index (χ0v) is 13.6. The van der Waals surface area contributed by atoms with E-state index in [1.54, 1.807) is 3.22 Å². The third kappa shape index (κ3) is 8.29. The van der Waals surface area contributed by atoms with E-state index < -0.39 is 18.7 Å². The van der Waals surface area contributed by atoms with Crippen LogP contribution in [0.15, 0.2) is 0 Å². The Balaban J connectivity index is 3.84. The number of carbonyl (C=O) groups excluding carboxylic acids is 1. The average Bonchev–Trinajstić information content (AvgIpc) is 1.99. The van der Waals surface area contributed by atoms with Crippen molar-refractivity contribution in [1.82, 2.24) is 8.54 Å². The molecule has 0 aromatic rings. The Morgan fingerprint density at radius 1 is 1.31 bits per heavy atom. The third-order valence-electron chi connectivity index (χ3n) is 2.14. The fourth-order valence-corrected chi connectivity index (χ4v) is 2.28. The molecule has 0 aliphatic rings. The van der Waals surface area contributed by atoms with Gasteiger partial charge in [0.05, 0.1) is 0 Å². The molecule has 0 spiro atoms. The molecule has 0 atom stereocenters. The van der Waals surface area contributed by atoms with E-state index in [0.29, 0.717) is 6.54 Å². The van der Waals surface area contributed by atoms with Gasteiger partial charge in [-0.3, -0.25) is 0 Å². The van der Waals surface area contributed by atoms with Crippen LogP contribution in [0.1, 0.15) is 27.2 Å². The Morgan fingerprint density at radius 2 is 1.81 bits per heavy atom. The molecule has 0 bridgehead atoms. The third-order valence-corrected chi connectivity index (χ3v) is 6.20. The van der Waals surface area contributed by atoms with E-state index >= 15 is 0 Å². The summed E-state index contributed by atoms with van der Waals surface area (Å²) in [6, 6.07) is 0. The molecule has 0 saturated heterocycles. The standard InChI is InChI=1S/C11H27IN3O/c1-11(2,3)7-8-14-10(16)9-15(13)12(4,5)6/h7-9,13H2,1-6H3,(H,14,16)/q-1. The number of hydrogen-bond acceptors (Lipinski definition) is 3. The molecular formula is C11H27IN3O-. The van der Waals surface area contributed by atoms with Crippen LogP contribution in [0.4, 0.5) is 0 Å². The predicted molar refractivity (Wildman–Crippen MR) is 65.7 cm³/mol. The van der Waals surface area contributed by atoms with Crippen molar-refractivity contribution in [3.05, 3.63) is 0 Å². The van der Waals surface area contributed by atoms with Crippen LogP contribution in [0.3, 0.4) is 0 Å². The summed E-state index contributed by atoms with van der Waals surface area (Å²) in [5.41, 5.74) is 0.261. The van der Waals surface area contributed by atoms with Gasteiger partial charge in [0.1, 0.15) is 0 Å². The summed E-state index contributed by atoms with van der Waals surface area (Å²) >= 11 is -1.95. The van der Waals surface area contributed by atoms with E-state index in [1.165, 1.54) is 0 Å². The number of nitrogens with zero attached hydrogens (tertiary/aromatic N) is 1. The van der Waals surface area contributed by atoms with Crippen LogP contribution in [0.2, 0.25) is 0 Å². The molecule has 0 aliphatic carbocycles. The quantitative estimate of drug-likeness (QED) is 0.194. The summed E-state index contributed by atoms with van der Waals surface area (Å²) in [4.78, 5) is 18.1. The first-order chi connectivity index (χ1) is 7.02. The average molecular weight is 344 g/mol. The molecule has 1 amide bonds. The Labute approximate surface area is 104 Å². The number of carbonyl (C=O) groups is 1. The first kappa shape index (κ1) is 16.1. The van der Waals surface area contributed by atoms with Crippen molar-refractivity contribution in [2.75, 3.05) is 27.9 Å². The molecule has 16 heavy (non-hydrogen) atoms. The van der Waals surface area contributed by atoms with E-state index in [9.17, 15) is 4.79 Å². The molecular weight excluding hydrogens is 317 g/mol. The van der Waals surface area contributed by atoms with Gasteiger partial charge >= 0.3 is 104 Å². The second-order valence-corrected chi connectivity index (χ2v) is 16.5. The molecule has 0 heterocycles. The van der Waals surface area contributed by atoms with Gasteiger partial charge in [-0.25, -0.2) is 0 Å². The monoisotopic (exact) mass is 344 g/mol. The van der Waals surface area contributed by atoms with Gasteiger partial charge in [0.2, 0.25) is 0 Å². The molecule has 100 valence electrons. The number of hydrazine groups is 1. The van der Waals surface area contributed by atoms with Gasteiger partial charge in [0, 0.05) is 0 Å². The molecule has 3 N–H and O–H groups in total. The van der Waals surface area contributed by atoms with Gasteiger partial charge in [-0.05, 0) is 0 Å². The first-order valence-corrected chi connectivity index (χ1v) is 12.8. The number of halogens is 1. The minimum absolute atomic E-state index is 0.0327. The molecule has 0 rings (SSSR count). The van der Waals surface area contributed by atoms with Crippen LogP contribution in [0.5, 0.6) is 0 Å². The van der Waals surface area contributed by atoms with Gasteiger partial charge < -0.3 is 0 Å². The number of amides is 1. The summed E-state index contributed by atoms with van der Waals surface area (Å²) in [6.07, 6.45) is 0.986. The second kappa shape index (κ2) is 6.16. The number of nitrogens with two attached hydrogens (primary N) is 1. The second-order valence-electron chi connectivity index (χ2n) is 5.86. The van der Waals surface area contributed by atoms with E-state index in [4.69, 9.17) is 5.84 Å². The molecule has 0 aromatic heterocycles. The zero-order chi connectivity index (χ0) is 13.0. The number of hydrogen-bond donors (Lipinski definition) is 2. The van der Waals surface area contributed by atoms with Gasteiger partial charge in [0.25, 0.3) is 0 Å². The minimum atomic E-state index is -1.95. The van der Waals surface area contributed by atoms with Crippen molar-refractivity contribution in [3.63, 3.8) is 0 Å². The maximum absolute atomic E-state index is 11.6. The SMILES string of the molecule is CC(C)(C)CCNC(=O)CN(N)[I-](C)(C)C. The predicted octanol–water partition coefficient (Wildman–Crippen LogP) is -2.32. The Kier molecular flexibility index (Phi) is 6.21. The van der Waals surface area contributed by atoms with Gasteiger partial charge in [-0.15, -0.1) is 0 Å². The van der Waals surface area contributed by atoms with Gasteiger partial charge in [-0.1, -0.05) is 0 Å². The maximum atomic E-state index is 11.6. The summed E-state index contributed by atoms with van der Waals surface area (Å²) < 4.78 is 1.73. The Hall–Kier alpha value is 0.120. The van der Waals surface area contributed by atoms with Crippen molar-refractivity contribution >= 4 is 5.91 Å². The van der Waals surface area contributed by atoms with Gasteiger partial charge in [0.15, 0.2) is 0 Å². The van der Waals surface area contributed by atoms with Crippen molar-refractivity contribution in [3.8, 4) is 0 Å².